The largest absolute Gasteiger partial charge is 0.354 e. The number of carbonyl (C=O) groups excluding carboxylic acids is 1. The molecule has 2 aromatic rings. The van der Waals surface area contributed by atoms with Crippen molar-refractivity contribution in [1.29, 1.82) is 0 Å². The van der Waals surface area contributed by atoms with E-state index in [4.69, 9.17) is 5.73 Å². The highest BCUT2D eigenvalue weighted by molar-refractivity contribution is 5.81. The fourth-order valence-corrected chi connectivity index (χ4v) is 2.11. The predicted molar refractivity (Wildman–Crippen MR) is 83.7 cm³/mol. The Morgan fingerprint density at radius 3 is 2.43 bits per heavy atom. The van der Waals surface area contributed by atoms with Crippen LogP contribution >= 0.6 is 0 Å². The summed E-state index contributed by atoms with van der Waals surface area (Å²) in [5.41, 5.74) is 8.28. The molecule has 4 nitrogen and oxygen atoms in total. The molecule has 0 aliphatic rings. The molecule has 1 unspecified atom stereocenters. The van der Waals surface area contributed by atoms with Crippen LogP contribution in [0.5, 0.6) is 0 Å². The number of amides is 1. The highest BCUT2D eigenvalue weighted by Crippen LogP contribution is 2.04. The molecule has 0 spiro atoms. The van der Waals surface area contributed by atoms with Crippen LogP contribution < -0.4 is 11.1 Å². The number of aromatic nitrogens is 1. The van der Waals surface area contributed by atoms with Crippen molar-refractivity contribution in [2.75, 3.05) is 6.54 Å². The molecule has 21 heavy (non-hydrogen) atoms. The van der Waals surface area contributed by atoms with Crippen LogP contribution in [0.4, 0.5) is 0 Å². The fourth-order valence-electron chi connectivity index (χ4n) is 2.11. The zero-order chi connectivity index (χ0) is 14.9. The maximum Gasteiger partial charge on any atom is 0.236 e. The minimum atomic E-state index is -0.456. The summed E-state index contributed by atoms with van der Waals surface area (Å²) >= 11 is 0. The highest BCUT2D eigenvalue weighted by Gasteiger charge is 2.12. The van der Waals surface area contributed by atoms with Gasteiger partial charge in [-0.1, -0.05) is 30.3 Å². The number of carbonyl (C=O) groups is 1. The summed E-state index contributed by atoms with van der Waals surface area (Å²) in [4.78, 5) is 15.9. The van der Waals surface area contributed by atoms with Gasteiger partial charge < -0.3 is 11.1 Å². The van der Waals surface area contributed by atoms with Gasteiger partial charge in [-0.15, -0.1) is 0 Å². The summed E-state index contributed by atoms with van der Waals surface area (Å²) in [6.45, 7) is 0.599. The van der Waals surface area contributed by atoms with E-state index in [1.165, 1.54) is 5.56 Å². The zero-order valence-corrected chi connectivity index (χ0v) is 12.0. The number of rotatable bonds is 7. The van der Waals surface area contributed by atoms with Crippen LogP contribution in [0.3, 0.4) is 0 Å². The molecule has 0 saturated heterocycles. The van der Waals surface area contributed by atoms with E-state index in [-0.39, 0.29) is 5.91 Å². The molecule has 1 atom stereocenters. The Balaban J connectivity index is 1.68. The van der Waals surface area contributed by atoms with Crippen molar-refractivity contribution in [2.45, 2.75) is 25.3 Å². The van der Waals surface area contributed by atoms with Crippen molar-refractivity contribution in [2.24, 2.45) is 5.73 Å². The minimum Gasteiger partial charge on any atom is -0.354 e. The molecule has 0 aliphatic carbocycles. The first kappa shape index (κ1) is 15.2. The van der Waals surface area contributed by atoms with E-state index >= 15 is 0 Å². The third-order valence-corrected chi connectivity index (χ3v) is 3.39. The molecule has 0 saturated carbocycles. The molecule has 4 heteroatoms. The van der Waals surface area contributed by atoms with Crippen molar-refractivity contribution in [3.63, 3.8) is 0 Å². The summed E-state index contributed by atoms with van der Waals surface area (Å²) in [6.07, 6.45) is 5.77. The molecule has 0 radical (unpaired) electrons. The van der Waals surface area contributed by atoms with Gasteiger partial charge in [0.2, 0.25) is 5.91 Å². The fraction of sp³-hybridized carbons (Fsp3) is 0.294. The molecular formula is C17H21N3O. The molecule has 1 aromatic heterocycles. The lowest BCUT2D eigenvalue weighted by Crippen LogP contribution is -2.41. The van der Waals surface area contributed by atoms with Crippen LogP contribution in [0.1, 0.15) is 17.5 Å². The van der Waals surface area contributed by atoms with Gasteiger partial charge in [0, 0.05) is 18.9 Å². The van der Waals surface area contributed by atoms with Crippen molar-refractivity contribution in [1.82, 2.24) is 10.3 Å². The minimum absolute atomic E-state index is 0.0833. The summed E-state index contributed by atoms with van der Waals surface area (Å²) < 4.78 is 0. The second kappa shape index (κ2) is 8.17. The first-order valence-corrected chi connectivity index (χ1v) is 7.22. The molecule has 110 valence electrons. The lowest BCUT2D eigenvalue weighted by atomic mass is 10.1. The number of hydrogen-bond acceptors (Lipinski definition) is 3. The Bertz CT molecular complexity index is 542. The van der Waals surface area contributed by atoms with Gasteiger partial charge in [0.1, 0.15) is 0 Å². The SMILES string of the molecule is NC(CCc1ccccc1)C(=O)NCCc1ccncc1. The van der Waals surface area contributed by atoms with Gasteiger partial charge in [0.25, 0.3) is 0 Å². The van der Waals surface area contributed by atoms with Crippen molar-refractivity contribution < 1.29 is 4.79 Å². The van der Waals surface area contributed by atoms with Crippen LogP contribution in [-0.4, -0.2) is 23.5 Å². The van der Waals surface area contributed by atoms with Crippen molar-refractivity contribution in [3.05, 3.63) is 66.0 Å². The molecule has 1 amide bonds. The average Bonchev–Trinajstić information content (AvgIpc) is 2.54. The van der Waals surface area contributed by atoms with E-state index in [0.717, 1.165) is 18.4 Å². The van der Waals surface area contributed by atoms with Crippen LogP contribution in [0.2, 0.25) is 0 Å². The maximum atomic E-state index is 11.9. The average molecular weight is 283 g/mol. The topological polar surface area (TPSA) is 68.0 Å². The van der Waals surface area contributed by atoms with Gasteiger partial charge in [0.15, 0.2) is 0 Å². The van der Waals surface area contributed by atoms with E-state index in [1.54, 1.807) is 12.4 Å². The number of hydrogen-bond donors (Lipinski definition) is 2. The van der Waals surface area contributed by atoms with Crippen LogP contribution in [0.25, 0.3) is 0 Å². The van der Waals surface area contributed by atoms with Gasteiger partial charge in [-0.2, -0.15) is 0 Å². The quantitative estimate of drug-likeness (QED) is 0.812. The van der Waals surface area contributed by atoms with E-state index in [0.29, 0.717) is 13.0 Å². The van der Waals surface area contributed by atoms with Crippen LogP contribution in [0.15, 0.2) is 54.9 Å². The summed E-state index contributed by atoms with van der Waals surface area (Å²) in [5, 5.41) is 2.88. The highest BCUT2D eigenvalue weighted by atomic mass is 16.2. The molecule has 0 fully saturated rings. The Morgan fingerprint density at radius 2 is 1.71 bits per heavy atom. The summed E-state index contributed by atoms with van der Waals surface area (Å²) in [6, 6.07) is 13.5. The molecular weight excluding hydrogens is 262 g/mol. The summed E-state index contributed by atoms with van der Waals surface area (Å²) in [7, 11) is 0. The number of nitrogens with two attached hydrogens (primary N) is 1. The number of nitrogens with zero attached hydrogens (tertiary/aromatic N) is 1. The van der Waals surface area contributed by atoms with Crippen LogP contribution in [0, 0.1) is 0 Å². The Hall–Kier alpha value is -2.20. The van der Waals surface area contributed by atoms with E-state index in [1.807, 2.05) is 42.5 Å². The molecule has 1 heterocycles. The van der Waals surface area contributed by atoms with E-state index < -0.39 is 6.04 Å². The Morgan fingerprint density at radius 1 is 1.05 bits per heavy atom. The number of pyridine rings is 1. The number of benzene rings is 1. The second-order valence-electron chi connectivity index (χ2n) is 5.03. The molecule has 0 bridgehead atoms. The van der Waals surface area contributed by atoms with Crippen molar-refractivity contribution in [3.8, 4) is 0 Å². The molecule has 3 N–H and O–H groups in total. The smallest absolute Gasteiger partial charge is 0.236 e. The third-order valence-electron chi connectivity index (χ3n) is 3.39. The van der Waals surface area contributed by atoms with Gasteiger partial charge in [-0.05, 0) is 42.5 Å². The lowest BCUT2D eigenvalue weighted by Gasteiger charge is -2.12. The van der Waals surface area contributed by atoms with Gasteiger partial charge in [0.05, 0.1) is 6.04 Å². The van der Waals surface area contributed by atoms with Gasteiger partial charge >= 0.3 is 0 Å². The van der Waals surface area contributed by atoms with Crippen LogP contribution in [-0.2, 0) is 17.6 Å². The third kappa shape index (κ3) is 5.36. The van der Waals surface area contributed by atoms with E-state index in [2.05, 4.69) is 10.3 Å². The maximum absolute atomic E-state index is 11.9. The summed E-state index contributed by atoms with van der Waals surface area (Å²) in [5.74, 6) is -0.0833. The monoisotopic (exact) mass is 283 g/mol. The molecule has 0 aliphatic heterocycles. The molecule has 1 aromatic carbocycles. The Labute approximate surface area is 125 Å². The normalized spacial score (nSPS) is 11.9. The predicted octanol–water partition coefficient (Wildman–Crippen LogP) is 1.70. The lowest BCUT2D eigenvalue weighted by molar-refractivity contribution is -0.122. The Kier molecular flexibility index (Phi) is 5.91. The van der Waals surface area contributed by atoms with Gasteiger partial charge in [-0.3, -0.25) is 9.78 Å². The first-order valence-electron chi connectivity index (χ1n) is 7.22. The van der Waals surface area contributed by atoms with Crippen molar-refractivity contribution >= 4 is 5.91 Å². The molecule has 2 rings (SSSR count). The van der Waals surface area contributed by atoms with Gasteiger partial charge in [-0.25, -0.2) is 0 Å². The standard InChI is InChI=1S/C17H21N3O/c18-16(7-6-14-4-2-1-3-5-14)17(21)20-13-10-15-8-11-19-12-9-15/h1-5,8-9,11-12,16H,6-7,10,13,18H2,(H,20,21). The second-order valence-corrected chi connectivity index (χ2v) is 5.03. The first-order chi connectivity index (χ1) is 10.3. The zero-order valence-electron chi connectivity index (χ0n) is 12.0. The number of nitrogens with one attached hydrogen (secondary N) is 1. The van der Waals surface area contributed by atoms with E-state index in [9.17, 15) is 4.79 Å². The number of aryl methyl sites for hydroxylation is 1.